The molecule has 0 saturated heterocycles. The maximum atomic E-state index is 12.5. The van der Waals surface area contributed by atoms with E-state index < -0.39 is 17.8 Å². The molecule has 0 aliphatic heterocycles. The minimum Gasteiger partial charge on any atom is -0.392 e. The molecule has 5 N–H and O–H groups in total. The van der Waals surface area contributed by atoms with E-state index in [2.05, 4.69) is 15.7 Å². The van der Waals surface area contributed by atoms with Gasteiger partial charge in [0.05, 0.1) is 11.7 Å². The number of pyridine rings is 1. The molecule has 1 rings (SSSR count). The summed E-state index contributed by atoms with van der Waals surface area (Å²) < 4.78 is 37.5. The molecule has 5 nitrogen and oxygen atoms in total. The molecule has 96 valence electrons. The van der Waals surface area contributed by atoms with Crippen molar-refractivity contribution >= 4 is 11.6 Å². The van der Waals surface area contributed by atoms with Crippen LogP contribution in [-0.2, 0) is 6.18 Å². The van der Waals surface area contributed by atoms with Gasteiger partial charge in [0.1, 0.15) is 11.6 Å². The number of aliphatic hydroxyl groups is 1. The first-order valence-corrected chi connectivity index (χ1v) is 4.80. The second-order valence-corrected chi connectivity index (χ2v) is 3.50. The van der Waals surface area contributed by atoms with Crippen molar-refractivity contribution in [1.82, 2.24) is 4.98 Å². The molecule has 0 aliphatic rings. The van der Waals surface area contributed by atoms with Crippen LogP contribution >= 0.6 is 0 Å². The molecule has 1 heterocycles. The van der Waals surface area contributed by atoms with E-state index in [9.17, 15) is 13.2 Å². The van der Waals surface area contributed by atoms with Crippen LogP contribution in [0.4, 0.5) is 24.8 Å². The quantitative estimate of drug-likeness (QED) is 0.476. The largest absolute Gasteiger partial charge is 0.416 e. The van der Waals surface area contributed by atoms with E-state index in [4.69, 9.17) is 10.9 Å². The van der Waals surface area contributed by atoms with Gasteiger partial charge in [-0.15, -0.1) is 0 Å². The lowest BCUT2D eigenvalue weighted by atomic mass is 10.2. The number of rotatable bonds is 4. The Morgan fingerprint density at radius 1 is 1.41 bits per heavy atom. The molecule has 0 radical (unpaired) electrons. The highest BCUT2D eigenvalue weighted by Crippen LogP contribution is 2.31. The molecule has 8 heteroatoms. The summed E-state index contributed by atoms with van der Waals surface area (Å²) >= 11 is 0. The number of alkyl halides is 3. The van der Waals surface area contributed by atoms with Crippen LogP contribution in [0.2, 0.25) is 0 Å². The zero-order chi connectivity index (χ0) is 13.1. The Kier molecular flexibility index (Phi) is 4.13. The Balaban J connectivity index is 2.97. The standard InChI is InChI=1S/C9H13F3N4O/c1-5(17)4-14-7-2-6(9(10,11)12)3-8(15-7)16-13/h2-3,5,17H,4,13H2,1H3,(H2,14,15,16). The van der Waals surface area contributed by atoms with Gasteiger partial charge >= 0.3 is 6.18 Å². The molecule has 0 saturated carbocycles. The van der Waals surface area contributed by atoms with E-state index in [1.807, 2.05) is 0 Å². The summed E-state index contributed by atoms with van der Waals surface area (Å²) in [6.45, 7) is 1.60. The van der Waals surface area contributed by atoms with E-state index in [-0.39, 0.29) is 18.2 Å². The van der Waals surface area contributed by atoms with Crippen molar-refractivity contribution in [2.24, 2.45) is 5.84 Å². The van der Waals surface area contributed by atoms with Crippen LogP contribution in [-0.4, -0.2) is 22.7 Å². The van der Waals surface area contributed by atoms with Gasteiger partial charge in [0.2, 0.25) is 0 Å². The van der Waals surface area contributed by atoms with E-state index in [0.717, 1.165) is 12.1 Å². The zero-order valence-electron chi connectivity index (χ0n) is 9.04. The topological polar surface area (TPSA) is 83.2 Å². The lowest BCUT2D eigenvalue weighted by molar-refractivity contribution is -0.137. The summed E-state index contributed by atoms with van der Waals surface area (Å²) in [6, 6.07) is 1.65. The van der Waals surface area contributed by atoms with Crippen LogP contribution in [0.25, 0.3) is 0 Å². The lowest BCUT2D eigenvalue weighted by Gasteiger charge is -2.13. The van der Waals surface area contributed by atoms with Crippen molar-refractivity contribution in [2.45, 2.75) is 19.2 Å². The van der Waals surface area contributed by atoms with Crippen molar-refractivity contribution in [1.29, 1.82) is 0 Å². The predicted octanol–water partition coefficient (Wildman–Crippen LogP) is 1.18. The second kappa shape index (κ2) is 5.19. The van der Waals surface area contributed by atoms with Crippen molar-refractivity contribution in [2.75, 3.05) is 17.3 Å². The summed E-state index contributed by atoms with van der Waals surface area (Å²) in [5.41, 5.74) is 1.19. The Labute approximate surface area is 95.8 Å². The maximum absolute atomic E-state index is 12.5. The van der Waals surface area contributed by atoms with Crippen LogP contribution in [0.1, 0.15) is 12.5 Å². The minimum atomic E-state index is -4.48. The van der Waals surface area contributed by atoms with E-state index in [1.54, 1.807) is 0 Å². The Morgan fingerprint density at radius 3 is 2.47 bits per heavy atom. The molecule has 1 aromatic heterocycles. The number of nitrogens with zero attached hydrogens (tertiary/aromatic N) is 1. The van der Waals surface area contributed by atoms with Gasteiger partial charge in [0.25, 0.3) is 0 Å². The highest BCUT2D eigenvalue weighted by atomic mass is 19.4. The molecule has 1 atom stereocenters. The number of halogens is 3. The maximum Gasteiger partial charge on any atom is 0.416 e. The van der Waals surface area contributed by atoms with Gasteiger partial charge in [-0.3, -0.25) is 0 Å². The number of hydrazine groups is 1. The average Bonchev–Trinajstić information content (AvgIpc) is 2.24. The van der Waals surface area contributed by atoms with Crippen molar-refractivity contribution in [3.63, 3.8) is 0 Å². The number of nitrogen functional groups attached to an aromatic ring is 1. The number of nitrogens with one attached hydrogen (secondary N) is 2. The predicted molar refractivity (Wildman–Crippen MR) is 57.2 cm³/mol. The Hall–Kier alpha value is -1.54. The van der Waals surface area contributed by atoms with Crippen LogP contribution in [0, 0.1) is 0 Å². The number of aliphatic hydroxyl groups excluding tert-OH is 1. The van der Waals surface area contributed by atoms with Gasteiger partial charge < -0.3 is 15.8 Å². The van der Waals surface area contributed by atoms with Crippen molar-refractivity contribution < 1.29 is 18.3 Å². The van der Waals surface area contributed by atoms with E-state index >= 15 is 0 Å². The number of nitrogens with two attached hydrogens (primary N) is 1. The highest BCUT2D eigenvalue weighted by molar-refractivity contribution is 5.49. The van der Waals surface area contributed by atoms with Gasteiger partial charge in [-0.1, -0.05) is 0 Å². The SMILES string of the molecule is CC(O)CNc1cc(C(F)(F)F)cc(NN)n1. The minimum absolute atomic E-state index is 0.00586. The summed E-state index contributed by atoms with van der Waals surface area (Å²) in [7, 11) is 0. The third-order valence-electron chi connectivity index (χ3n) is 1.88. The van der Waals surface area contributed by atoms with Gasteiger partial charge in [-0.25, -0.2) is 10.8 Å². The normalized spacial score (nSPS) is 13.3. The fourth-order valence-electron chi connectivity index (χ4n) is 1.11. The summed E-state index contributed by atoms with van der Waals surface area (Å²) in [5, 5.41) is 11.6. The number of hydrogen-bond donors (Lipinski definition) is 4. The Morgan fingerprint density at radius 2 is 2.00 bits per heavy atom. The molecule has 0 spiro atoms. The number of aromatic nitrogens is 1. The van der Waals surface area contributed by atoms with Crippen molar-refractivity contribution in [3.8, 4) is 0 Å². The summed E-state index contributed by atoms with van der Waals surface area (Å²) in [6.07, 6.45) is -5.17. The molecule has 0 amide bonds. The van der Waals surface area contributed by atoms with E-state index in [1.165, 1.54) is 6.92 Å². The van der Waals surface area contributed by atoms with Gasteiger partial charge in [0.15, 0.2) is 0 Å². The van der Waals surface area contributed by atoms with Gasteiger partial charge in [-0.2, -0.15) is 13.2 Å². The first-order chi connectivity index (χ1) is 7.82. The highest BCUT2D eigenvalue weighted by Gasteiger charge is 2.31. The number of hydrogen-bond acceptors (Lipinski definition) is 5. The molecule has 0 aromatic carbocycles. The summed E-state index contributed by atoms with van der Waals surface area (Å²) in [4.78, 5) is 3.78. The van der Waals surface area contributed by atoms with Gasteiger partial charge in [-0.05, 0) is 19.1 Å². The van der Waals surface area contributed by atoms with Crippen molar-refractivity contribution in [3.05, 3.63) is 17.7 Å². The fraction of sp³-hybridized carbons (Fsp3) is 0.444. The first kappa shape index (κ1) is 13.5. The molecule has 0 fully saturated rings. The van der Waals surface area contributed by atoms with E-state index in [0.29, 0.717) is 0 Å². The van der Waals surface area contributed by atoms with Crippen LogP contribution in [0.15, 0.2) is 12.1 Å². The number of anilines is 2. The molecule has 1 unspecified atom stereocenters. The monoisotopic (exact) mass is 250 g/mol. The smallest absolute Gasteiger partial charge is 0.392 e. The van der Waals surface area contributed by atoms with Crippen LogP contribution in [0.5, 0.6) is 0 Å². The van der Waals surface area contributed by atoms with Gasteiger partial charge in [0, 0.05) is 6.54 Å². The second-order valence-electron chi connectivity index (χ2n) is 3.50. The third kappa shape index (κ3) is 4.08. The molecule has 0 bridgehead atoms. The summed E-state index contributed by atoms with van der Waals surface area (Å²) in [5.74, 6) is 4.92. The molecule has 17 heavy (non-hydrogen) atoms. The third-order valence-corrected chi connectivity index (χ3v) is 1.88. The molecular weight excluding hydrogens is 237 g/mol. The van der Waals surface area contributed by atoms with Crippen LogP contribution in [0.3, 0.4) is 0 Å². The molecular formula is C9H13F3N4O. The first-order valence-electron chi connectivity index (χ1n) is 4.80. The van der Waals surface area contributed by atoms with Crippen LogP contribution < -0.4 is 16.6 Å². The average molecular weight is 250 g/mol. The lowest BCUT2D eigenvalue weighted by Crippen LogP contribution is -2.18. The molecule has 1 aromatic rings. The molecule has 0 aliphatic carbocycles. The zero-order valence-corrected chi connectivity index (χ0v) is 9.04. The Bertz CT molecular complexity index is 381. The fourth-order valence-corrected chi connectivity index (χ4v) is 1.11.